The summed E-state index contributed by atoms with van der Waals surface area (Å²) in [5.41, 5.74) is 0. The molecule has 1 atom stereocenters. The van der Waals surface area contributed by atoms with Crippen LogP contribution >= 0.6 is 0 Å². The first kappa shape index (κ1) is 15.3. The van der Waals surface area contributed by atoms with E-state index in [4.69, 9.17) is 11.5 Å². The van der Waals surface area contributed by atoms with Gasteiger partial charge in [-0.2, -0.15) is 0 Å². The third-order valence-corrected chi connectivity index (χ3v) is 2.19. The van der Waals surface area contributed by atoms with Crippen molar-refractivity contribution in [3.8, 4) is 12.3 Å². The molecule has 5 heteroatoms. The van der Waals surface area contributed by atoms with Crippen molar-refractivity contribution in [2.24, 2.45) is 0 Å². The van der Waals surface area contributed by atoms with Crippen LogP contribution in [0.2, 0.25) is 0 Å². The molecule has 0 aliphatic rings. The molecular formula is C12H20N2O3. The van der Waals surface area contributed by atoms with E-state index in [9.17, 15) is 9.59 Å². The summed E-state index contributed by atoms with van der Waals surface area (Å²) in [7, 11) is 0. The highest BCUT2D eigenvalue weighted by Gasteiger charge is 2.07. The topological polar surface area (TPSA) is 78.4 Å². The van der Waals surface area contributed by atoms with E-state index >= 15 is 0 Å². The number of rotatable bonds is 8. The van der Waals surface area contributed by atoms with E-state index in [1.807, 2.05) is 6.92 Å². The lowest BCUT2D eigenvalue weighted by Crippen LogP contribution is -2.41. The zero-order chi connectivity index (χ0) is 13.1. The van der Waals surface area contributed by atoms with Crippen LogP contribution in [0.15, 0.2) is 0 Å². The van der Waals surface area contributed by atoms with E-state index in [1.54, 1.807) is 0 Å². The van der Waals surface area contributed by atoms with Crippen molar-refractivity contribution in [3.63, 3.8) is 0 Å². The summed E-state index contributed by atoms with van der Waals surface area (Å²) in [5, 5.41) is 13.9. The first-order chi connectivity index (χ1) is 8.06. The van der Waals surface area contributed by atoms with Crippen LogP contribution in [0, 0.1) is 12.3 Å². The molecule has 3 N–H and O–H groups in total. The summed E-state index contributed by atoms with van der Waals surface area (Å²) in [6.07, 6.45) is 7.84. The second-order valence-electron chi connectivity index (χ2n) is 3.89. The minimum Gasteiger partial charge on any atom is -0.481 e. The number of hydrogen-bond acceptors (Lipinski definition) is 2. The van der Waals surface area contributed by atoms with E-state index in [-0.39, 0.29) is 18.5 Å². The molecule has 0 saturated heterocycles. The molecule has 96 valence electrons. The molecule has 0 aliphatic heterocycles. The van der Waals surface area contributed by atoms with Gasteiger partial charge in [-0.15, -0.1) is 12.3 Å². The summed E-state index contributed by atoms with van der Waals surface area (Å²) < 4.78 is 0. The fourth-order valence-electron chi connectivity index (χ4n) is 1.30. The molecule has 0 rings (SSSR count). The lowest BCUT2D eigenvalue weighted by Gasteiger charge is -2.13. The third-order valence-electron chi connectivity index (χ3n) is 2.19. The van der Waals surface area contributed by atoms with E-state index in [2.05, 4.69) is 16.6 Å². The first-order valence-corrected chi connectivity index (χ1v) is 5.76. The molecule has 5 nitrogen and oxygen atoms in total. The largest absolute Gasteiger partial charge is 0.481 e. The highest BCUT2D eigenvalue weighted by atomic mass is 16.4. The number of carboxylic acids is 1. The van der Waals surface area contributed by atoms with Crippen molar-refractivity contribution >= 4 is 12.0 Å². The van der Waals surface area contributed by atoms with Crippen molar-refractivity contribution in [1.82, 2.24) is 10.6 Å². The third kappa shape index (κ3) is 10.6. The maximum atomic E-state index is 11.3. The quantitative estimate of drug-likeness (QED) is 0.442. The van der Waals surface area contributed by atoms with Crippen molar-refractivity contribution in [1.29, 1.82) is 0 Å². The molecule has 0 aromatic heterocycles. The van der Waals surface area contributed by atoms with Gasteiger partial charge in [0.2, 0.25) is 0 Å². The standard InChI is InChI=1S/C12H20N2O3/c1-3-4-5-9-13-12(17)14-10(2)7-6-8-11(15)16/h1,10H,4-9H2,2H3,(H,15,16)(H2,13,14,17). The fourth-order valence-corrected chi connectivity index (χ4v) is 1.30. The second-order valence-corrected chi connectivity index (χ2v) is 3.89. The minimum atomic E-state index is -0.809. The maximum Gasteiger partial charge on any atom is 0.314 e. The van der Waals surface area contributed by atoms with Gasteiger partial charge < -0.3 is 15.7 Å². The molecule has 1 unspecified atom stereocenters. The molecule has 2 amide bonds. The van der Waals surface area contributed by atoms with E-state index in [0.29, 0.717) is 25.8 Å². The van der Waals surface area contributed by atoms with Gasteiger partial charge in [-0.05, 0) is 26.2 Å². The number of hydrogen-bond donors (Lipinski definition) is 3. The number of unbranched alkanes of at least 4 members (excludes halogenated alkanes) is 1. The number of aliphatic carboxylic acids is 1. The van der Waals surface area contributed by atoms with Crippen LogP contribution in [0.4, 0.5) is 4.79 Å². The Morgan fingerprint density at radius 3 is 2.71 bits per heavy atom. The van der Waals surface area contributed by atoms with Crippen molar-refractivity contribution in [2.45, 2.75) is 45.1 Å². The number of urea groups is 1. The van der Waals surface area contributed by atoms with Gasteiger partial charge in [-0.1, -0.05) is 0 Å². The average molecular weight is 240 g/mol. The SMILES string of the molecule is C#CCCCNC(=O)NC(C)CCCC(=O)O. The van der Waals surface area contributed by atoms with Crippen molar-refractivity contribution < 1.29 is 14.7 Å². The van der Waals surface area contributed by atoms with Crippen LogP contribution < -0.4 is 10.6 Å². The number of carbonyl (C=O) groups is 2. The Morgan fingerprint density at radius 1 is 1.41 bits per heavy atom. The first-order valence-electron chi connectivity index (χ1n) is 5.76. The summed E-state index contributed by atoms with van der Waals surface area (Å²) in [5.74, 6) is 1.68. The monoisotopic (exact) mass is 240 g/mol. The highest BCUT2D eigenvalue weighted by molar-refractivity contribution is 5.74. The predicted octanol–water partition coefficient (Wildman–Crippen LogP) is 1.34. The Hall–Kier alpha value is -1.70. The van der Waals surface area contributed by atoms with Gasteiger partial charge in [0.15, 0.2) is 0 Å². The molecule has 0 fully saturated rings. The van der Waals surface area contributed by atoms with Crippen molar-refractivity contribution in [2.75, 3.05) is 6.54 Å². The molecular weight excluding hydrogens is 220 g/mol. The number of amides is 2. The lowest BCUT2D eigenvalue weighted by atomic mass is 10.1. The molecule has 0 radical (unpaired) electrons. The van der Waals surface area contributed by atoms with Crippen molar-refractivity contribution in [3.05, 3.63) is 0 Å². The van der Waals surface area contributed by atoms with Crippen LogP contribution in [0.5, 0.6) is 0 Å². The van der Waals surface area contributed by atoms with Gasteiger partial charge in [0.25, 0.3) is 0 Å². The molecule has 0 aromatic rings. The number of terminal acetylenes is 1. The Kier molecular flexibility index (Phi) is 8.57. The Balaban J connectivity index is 3.52. The summed E-state index contributed by atoms with van der Waals surface area (Å²) in [4.78, 5) is 21.6. The van der Waals surface area contributed by atoms with E-state index < -0.39 is 5.97 Å². The van der Waals surface area contributed by atoms with E-state index in [1.165, 1.54) is 0 Å². The predicted molar refractivity (Wildman–Crippen MR) is 65.6 cm³/mol. The highest BCUT2D eigenvalue weighted by Crippen LogP contribution is 2.00. The zero-order valence-corrected chi connectivity index (χ0v) is 10.2. The summed E-state index contributed by atoms with van der Waals surface area (Å²) in [6.45, 7) is 2.40. The van der Waals surface area contributed by atoms with Gasteiger partial charge in [0, 0.05) is 25.4 Å². The van der Waals surface area contributed by atoms with Gasteiger partial charge >= 0.3 is 12.0 Å². The Bertz CT molecular complexity index is 284. The Morgan fingerprint density at radius 2 is 2.12 bits per heavy atom. The second kappa shape index (κ2) is 9.52. The minimum absolute atomic E-state index is 0.0259. The number of carboxylic acid groups (broad SMARTS) is 1. The lowest BCUT2D eigenvalue weighted by molar-refractivity contribution is -0.137. The molecule has 0 aliphatic carbocycles. The van der Waals surface area contributed by atoms with Crippen LogP contribution in [0.3, 0.4) is 0 Å². The molecule has 0 bridgehead atoms. The number of carbonyl (C=O) groups excluding carboxylic acids is 1. The Labute approximate surface area is 102 Å². The van der Waals surface area contributed by atoms with Crippen LogP contribution in [-0.4, -0.2) is 29.7 Å². The van der Waals surface area contributed by atoms with Crippen LogP contribution in [0.1, 0.15) is 39.0 Å². The van der Waals surface area contributed by atoms with Gasteiger partial charge in [-0.3, -0.25) is 4.79 Å². The van der Waals surface area contributed by atoms with Crippen LogP contribution in [0.25, 0.3) is 0 Å². The fraction of sp³-hybridized carbons (Fsp3) is 0.667. The smallest absolute Gasteiger partial charge is 0.314 e. The molecule has 0 saturated carbocycles. The van der Waals surface area contributed by atoms with Gasteiger partial charge in [-0.25, -0.2) is 4.79 Å². The van der Waals surface area contributed by atoms with E-state index in [0.717, 1.165) is 6.42 Å². The molecule has 17 heavy (non-hydrogen) atoms. The molecule has 0 spiro atoms. The molecule has 0 aromatic carbocycles. The average Bonchev–Trinajstić information content (AvgIpc) is 2.23. The summed E-state index contributed by atoms with van der Waals surface area (Å²) in [6, 6.07) is -0.258. The van der Waals surface area contributed by atoms with Gasteiger partial charge in [0.05, 0.1) is 0 Å². The normalized spacial score (nSPS) is 11.3. The zero-order valence-electron chi connectivity index (χ0n) is 10.2. The van der Waals surface area contributed by atoms with Crippen LogP contribution in [-0.2, 0) is 4.79 Å². The maximum absolute atomic E-state index is 11.3. The molecule has 0 heterocycles. The summed E-state index contributed by atoms with van der Waals surface area (Å²) >= 11 is 0. The van der Waals surface area contributed by atoms with Gasteiger partial charge in [0.1, 0.15) is 0 Å². The number of nitrogens with one attached hydrogen (secondary N) is 2.